The Morgan fingerprint density at radius 1 is 1.14 bits per heavy atom. The monoisotopic (exact) mass is 370 g/mol. The lowest BCUT2D eigenvalue weighted by molar-refractivity contribution is -0.0127. The van der Waals surface area contributed by atoms with Crippen molar-refractivity contribution in [3.63, 3.8) is 0 Å². The summed E-state index contributed by atoms with van der Waals surface area (Å²) in [5, 5.41) is 9.53. The molecule has 1 heterocycles. The first-order valence-electron chi connectivity index (χ1n) is 5.68. The highest BCUT2D eigenvalue weighted by Crippen LogP contribution is 2.64. The van der Waals surface area contributed by atoms with Crippen LogP contribution in [-0.2, 0) is 27.3 Å². The van der Waals surface area contributed by atoms with Gasteiger partial charge in [0.1, 0.15) is 6.10 Å². The van der Waals surface area contributed by atoms with E-state index < -0.39 is 47.7 Å². The van der Waals surface area contributed by atoms with Gasteiger partial charge >= 0.3 is 23.0 Å². The molecule has 0 radical (unpaired) electrons. The fourth-order valence-corrected chi connectivity index (χ4v) is 6.25. The van der Waals surface area contributed by atoms with E-state index in [0.29, 0.717) is 6.42 Å². The first-order valence-corrected chi connectivity index (χ1v) is 10.7. The molecule has 5 N–H and O–H groups in total. The van der Waals surface area contributed by atoms with Gasteiger partial charge in [-0.25, -0.2) is 8.88 Å². The first kappa shape index (κ1) is 19.4. The molecule has 0 bridgehead atoms. The molecule has 0 aromatic heterocycles. The van der Waals surface area contributed by atoms with Crippen molar-refractivity contribution in [3.8, 4) is 0 Å². The van der Waals surface area contributed by atoms with Crippen molar-refractivity contribution in [2.24, 2.45) is 0 Å². The van der Waals surface area contributed by atoms with Gasteiger partial charge in [-0.15, -0.1) is 0 Å². The van der Waals surface area contributed by atoms with Gasteiger partial charge in [0, 0.05) is 6.42 Å². The molecule has 5 atom stereocenters. The number of hydrogen-bond acceptors (Lipinski definition) is 7. The summed E-state index contributed by atoms with van der Waals surface area (Å²) >= 11 is 0. The van der Waals surface area contributed by atoms with Gasteiger partial charge in [-0.3, -0.25) is 9.13 Å². The molecule has 0 aromatic rings. The van der Waals surface area contributed by atoms with E-state index in [1.54, 1.807) is 6.92 Å². The van der Waals surface area contributed by atoms with Gasteiger partial charge in [-0.2, -0.15) is 0 Å². The van der Waals surface area contributed by atoms with Gasteiger partial charge in [0.2, 0.25) is 0 Å². The van der Waals surface area contributed by atoms with E-state index in [0.717, 1.165) is 0 Å². The maximum absolute atomic E-state index is 11.6. The summed E-state index contributed by atoms with van der Waals surface area (Å²) in [6.07, 6.45) is -1.74. The average molecular weight is 370 g/mol. The average Bonchev–Trinajstić information content (AvgIpc) is 2.48. The lowest BCUT2D eigenvalue weighted by Gasteiger charge is -2.19. The largest absolute Gasteiger partial charge is 0.476 e. The van der Waals surface area contributed by atoms with Crippen LogP contribution in [0.3, 0.4) is 0 Å². The van der Waals surface area contributed by atoms with Gasteiger partial charge in [0.15, 0.2) is 5.90 Å². The Balaban J connectivity index is 2.56. The number of ether oxygens (including phenoxy) is 1. The van der Waals surface area contributed by atoms with Gasteiger partial charge in [0.25, 0.3) is 0 Å². The Bertz CT molecular complexity index is 500. The summed E-state index contributed by atoms with van der Waals surface area (Å²) in [5.41, 5.74) is 0. The second kappa shape index (κ2) is 6.86. The fourth-order valence-electron chi connectivity index (χ4n) is 1.74. The van der Waals surface area contributed by atoms with Crippen molar-refractivity contribution in [2.75, 3.05) is 12.5 Å². The van der Waals surface area contributed by atoms with Crippen LogP contribution in [0, 0.1) is 0 Å². The SMILES string of the molecule is C[C@@H]1CC(O)[C@H](COP(=O)(O)CP(=O)(O)OP(=O)(O)O)O1. The van der Waals surface area contributed by atoms with Crippen LogP contribution in [0.5, 0.6) is 0 Å². The van der Waals surface area contributed by atoms with E-state index in [1.807, 2.05) is 0 Å². The maximum atomic E-state index is 11.6. The minimum atomic E-state index is -5.30. The van der Waals surface area contributed by atoms with Crippen LogP contribution in [0.2, 0.25) is 0 Å². The van der Waals surface area contributed by atoms with Gasteiger partial charge in [-0.05, 0) is 6.92 Å². The zero-order valence-corrected chi connectivity index (χ0v) is 13.6. The van der Waals surface area contributed by atoms with Crippen molar-refractivity contribution >= 4 is 23.0 Å². The molecule has 1 rings (SSSR count). The third-order valence-corrected chi connectivity index (χ3v) is 7.73. The molecular formula is C7H17O11P3. The number of phosphoric acid groups is 1. The molecule has 1 saturated heterocycles. The summed E-state index contributed by atoms with van der Waals surface area (Å²) < 4.78 is 46.6. The van der Waals surface area contributed by atoms with Crippen LogP contribution < -0.4 is 0 Å². The third kappa shape index (κ3) is 7.45. The van der Waals surface area contributed by atoms with Gasteiger partial charge < -0.3 is 33.9 Å². The predicted molar refractivity (Wildman–Crippen MR) is 68.6 cm³/mol. The van der Waals surface area contributed by atoms with E-state index in [4.69, 9.17) is 19.4 Å². The minimum absolute atomic E-state index is 0.270. The molecule has 1 fully saturated rings. The Labute approximate surface area is 120 Å². The van der Waals surface area contributed by atoms with Gasteiger partial charge in [0.05, 0.1) is 18.8 Å². The summed E-state index contributed by atoms with van der Waals surface area (Å²) in [6.45, 7) is 1.16. The minimum Gasteiger partial charge on any atom is -0.390 e. The van der Waals surface area contributed by atoms with Crippen molar-refractivity contribution in [3.05, 3.63) is 0 Å². The molecule has 1 aliphatic rings. The smallest absolute Gasteiger partial charge is 0.390 e. The molecule has 1 aliphatic heterocycles. The second-order valence-electron chi connectivity index (χ2n) is 4.57. The van der Waals surface area contributed by atoms with E-state index >= 15 is 0 Å². The molecule has 3 unspecified atom stereocenters. The predicted octanol–water partition coefficient (Wildman–Crippen LogP) is -0.0211. The number of rotatable bonds is 7. The standard InChI is InChI=1S/C7H17O11P3/c1-5-2-6(8)7(17-5)3-16-19(9,10)4-20(11,12)18-21(13,14)15/h5-8H,2-4H2,1H3,(H,9,10)(H,11,12)(H2,13,14,15)/t5-,6?,7+/m1/s1. The number of aliphatic hydroxyl groups is 1. The Morgan fingerprint density at radius 3 is 2.14 bits per heavy atom. The summed E-state index contributed by atoms with van der Waals surface area (Å²) in [5.74, 6) is -1.50. The zero-order valence-electron chi connectivity index (χ0n) is 10.9. The quantitative estimate of drug-likeness (QED) is 0.380. The van der Waals surface area contributed by atoms with Crippen LogP contribution in [0.15, 0.2) is 0 Å². The molecule has 126 valence electrons. The van der Waals surface area contributed by atoms with Crippen LogP contribution in [-0.4, -0.2) is 55.5 Å². The molecule has 14 heteroatoms. The summed E-state index contributed by atoms with van der Waals surface area (Å²) in [7, 11) is -15.0. The van der Waals surface area contributed by atoms with Crippen molar-refractivity contribution < 1.29 is 51.9 Å². The first-order chi connectivity index (χ1) is 9.30. The zero-order chi connectivity index (χ0) is 16.5. The highest BCUT2D eigenvalue weighted by atomic mass is 31.3. The van der Waals surface area contributed by atoms with Crippen LogP contribution in [0.4, 0.5) is 0 Å². The highest BCUT2D eigenvalue weighted by Gasteiger charge is 2.40. The van der Waals surface area contributed by atoms with E-state index in [-0.39, 0.29) is 6.10 Å². The van der Waals surface area contributed by atoms with Crippen LogP contribution in [0.25, 0.3) is 0 Å². The Morgan fingerprint density at radius 2 is 1.71 bits per heavy atom. The molecule has 0 spiro atoms. The lowest BCUT2D eigenvalue weighted by atomic mass is 10.1. The number of aliphatic hydroxyl groups excluding tert-OH is 1. The maximum Gasteiger partial charge on any atom is 0.476 e. The molecular weight excluding hydrogens is 353 g/mol. The summed E-state index contributed by atoms with van der Waals surface area (Å²) in [6, 6.07) is 0. The second-order valence-corrected chi connectivity index (χ2v) is 10.1. The van der Waals surface area contributed by atoms with Crippen molar-refractivity contribution in [1.82, 2.24) is 0 Å². The fraction of sp³-hybridized carbons (Fsp3) is 1.00. The van der Waals surface area contributed by atoms with E-state index in [1.165, 1.54) is 0 Å². The van der Waals surface area contributed by atoms with Crippen LogP contribution in [0.1, 0.15) is 13.3 Å². The van der Waals surface area contributed by atoms with E-state index in [2.05, 4.69) is 8.83 Å². The van der Waals surface area contributed by atoms with Crippen LogP contribution >= 0.6 is 23.0 Å². The molecule has 0 aliphatic carbocycles. The molecule has 11 nitrogen and oxygen atoms in total. The third-order valence-electron chi connectivity index (χ3n) is 2.44. The van der Waals surface area contributed by atoms with Crippen molar-refractivity contribution in [1.29, 1.82) is 0 Å². The normalized spacial score (nSPS) is 32.6. The topological polar surface area (TPSA) is 180 Å². The molecule has 21 heavy (non-hydrogen) atoms. The Kier molecular flexibility index (Phi) is 6.35. The molecule has 0 aromatic carbocycles. The number of hydrogen-bond donors (Lipinski definition) is 5. The van der Waals surface area contributed by atoms with Gasteiger partial charge in [-0.1, -0.05) is 0 Å². The van der Waals surface area contributed by atoms with Crippen molar-refractivity contribution in [2.45, 2.75) is 31.7 Å². The highest BCUT2D eigenvalue weighted by molar-refractivity contribution is 7.74. The van der Waals surface area contributed by atoms with E-state index in [9.17, 15) is 23.7 Å². The Hall–Kier alpha value is 0.370. The summed E-state index contributed by atoms with van der Waals surface area (Å²) in [4.78, 5) is 35.3. The molecule has 0 saturated carbocycles. The lowest BCUT2D eigenvalue weighted by Crippen LogP contribution is -2.26. The molecule has 0 amide bonds.